The van der Waals surface area contributed by atoms with Crippen molar-refractivity contribution in [2.75, 3.05) is 42.0 Å². The summed E-state index contributed by atoms with van der Waals surface area (Å²) in [6.07, 6.45) is 0.754. The van der Waals surface area contributed by atoms with Gasteiger partial charge >= 0.3 is 0 Å². The van der Waals surface area contributed by atoms with E-state index in [-0.39, 0.29) is 5.56 Å². The smallest absolute Gasteiger partial charge is 0.254 e. The van der Waals surface area contributed by atoms with Crippen LogP contribution in [0.2, 0.25) is 0 Å². The Labute approximate surface area is 197 Å². The molecule has 33 heavy (non-hydrogen) atoms. The molecule has 0 saturated heterocycles. The summed E-state index contributed by atoms with van der Waals surface area (Å²) in [7, 11) is 8.14. The highest BCUT2D eigenvalue weighted by atomic mass is 32.1. The van der Waals surface area contributed by atoms with E-state index in [1.807, 2.05) is 29.2 Å². The van der Waals surface area contributed by atoms with Crippen molar-refractivity contribution in [3.63, 3.8) is 0 Å². The van der Waals surface area contributed by atoms with Crippen LogP contribution in [0.25, 0.3) is 10.9 Å². The molecule has 8 nitrogen and oxygen atoms in total. The van der Waals surface area contributed by atoms with E-state index in [0.29, 0.717) is 45.7 Å². The number of ether oxygens (including phenoxy) is 4. The maximum absolute atomic E-state index is 13.4. The largest absolute Gasteiger partial charge is 0.493 e. The topological polar surface area (TPSA) is 85.1 Å². The lowest BCUT2D eigenvalue weighted by Crippen LogP contribution is -2.46. The van der Waals surface area contributed by atoms with Gasteiger partial charge in [0.15, 0.2) is 28.1 Å². The number of aromatic nitrogens is 1. The third-order valence-corrected chi connectivity index (χ3v) is 6.46. The number of fused-ring (bicyclic) bond motifs is 2. The Morgan fingerprint density at radius 2 is 1.55 bits per heavy atom. The van der Waals surface area contributed by atoms with Crippen molar-refractivity contribution in [3.8, 4) is 23.0 Å². The van der Waals surface area contributed by atoms with Gasteiger partial charge in [0.25, 0.3) is 5.56 Å². The van der Waals surface area contributed by atoms with E-state index in [1.165, 1.54) is 0 Å². The lowest BCUT2D eigenvalue weighted by molar-refractivity contribution is 0.324. The standard InChI is InChI=1S/C24H27N3O5S/c1-25-24(33)27-7-6-13-9-18(29-2)20(31-4)11-15(13)22(27)16-8-14-10-19(30-3)21(32-5)12-17(14)26-23(16)28/h8-12,22H,6-7H2,1-5H3,(H,25,33)(H,26,28)/t22-/m1/s1. The Bertz CT molecular complexity index is 1270. The second-order valence-electron chi connectivity index (χ2n) is 7.66. The van der Waals surface area contributed by atoms with Gasteiger partial charge in [-0.05, 0) is 54.0 Å². The van der Waals surface area contributed by atoms with Crippen LogP contribution in [0, 0.1) is 0 Å². The maximum Gasteiger partial charge on any atom is 0.254 e. The molecule has 0 saturated carbocycles. The molecule has 2 N–H and O–H groups in total. The number of pyridine rings is 1. The second-order valence-corrected chi connectivity index (χ2v) is 8.04. The molecular weight excluding hydrogens is 442 g/mol. The first-order valence-corrected chi connectivity index (χ1v) is 10.9. The fraction of sp³-hybridized carbons (Fsp3) is 0.333. The predicted octanol–water partition coefficient (Wildman–Crippen LogP) is 3.01. The van der Waals surface area contributed by atoms with Crippen molar-refractivity contribution < 1.29 is 18.9 Å². The molecule has 1 aliphatic heterocycles. The van der Waals surface area contributed by atoms with E-state index in [1.54, 1.807) is 41.6 Å². The molecule has 0 bridgehead atoms. The van der Waals surface area contributed by atoms with E-state index in [4.69, 9.17) is 31.2 Å². The molecule has 1 atom stereocenters. The van der Waals surface area contributed by atoms with Crippen molar-refractivity contribution in [3.05, 3.63) is 57.4 Å². The minimum atomic E-state index is -0.408. The van der Waals surface area contributed by atoms with Crippen molar-refractivity contribution in [2.24, 2.45) is 0 Å². The fourth-order valence-electron chi connectivity index (χ4n) is 4.40. The molecule has 4 rings (SSSR count). The molecule has 174 valence electrons. The highest BCUT2D eigenvalue weighted by molar-refractivity contribution is 7.80. The quantitative estimate of drug-likeness (QED) is 0.552. The number of nitrogens with one attached hydrogen (secondary N) is 2. The van der Waals surface area contributed by atoms with Crippen molar-refractivity contribution >= 4 is 28.2 Å². The van der Waals surface area contributed by atoms with Crippen molar-refractivity contribution in [1.29, 1.82) is 0 Å². The van der Waals surface area contributed by atoms with Gasteiger partial charge in [-0.2, -0.15) is 0 Å². The lowest BCUT2D eigenvalue weighted by atomic mass is 9.88. The normalized spacial score (nSPS) is 15.1. The molecule has 1 aliphatic rings. The molecule has 0 radical (unpaired) electrons. The summed E-state index contributed by atoms with van der Waals surface area (Å²) in [4.78, 5) is 18.4. The van der Waals surface area contributed by atoms with Crippen LogP contribution in [0.15, 0.2) is 35.1 Å². The molecule has 0 unspecified atom stereocenters. The van der Waals surface area contributed by atoms with Crippen molar-refractivity contribution in [1.82, 2.24) is 15.2 Å². The zero-order valence-corrected chi connectivity index (χ0v) is 20.1. The average Bonchev–Trinajstić information content (AvgIpc) is 2.85. The minimum absolute atomic E-state index is 0.203. The van der Waals surface area contributed by atoms with Crippen LogP contribution in [0.5, 0.6) is 23.0 Å². The average molecular weight is 470 g/mol. The van der Waals surface area contributed by atoms with Crippen LogP contribution in [-0.2, 0) is 6.42 Å². The minimum Gasteiger partial charge on any atom is -0.493 e. The number of H-pyrrole nitrogens is 1. The number of thiocarbonyl (C=S) groups is 1. The first-order valence-electron chi connectivity index (χ1n) is 10.5. The Hall–Kier alpha value is -3.46. The van der Waals surface area contributed by atoms with Crippen LogP contribution in [-0.4, -0.2) is 57.0 Å². The maximum atomic E-state index is 13.4. The molecular formula is C24H27N3O5S. The van der Waals surface area contributed by atoms with Gasteiger partial charge in [-0.1, -0.05) is 0 Å². The molecule has 1 aromatic heterocycles. The second kappa shape index (κ2) is 9.19. The van der Waals surface area contributed by atoms with Crippen LogP contribution < -0.4 is 29.8 Å². The number of aromatic amines is 1. The number of hydrogen-bond donors (Lipinski definition) is 2. The van der Waals surface area contributed by atoms with Crippen molar-refractivity contribution in [2.45, 2.75) is 12.5 Å². The van der Waals surface area contributed by atoms with Gasteiger partial charge in [-0.25, -0.2) is 0 Å². The van der Waals surface area contributed by atoms with Gasteiger partial charge in [-0.3, -0.25) is 4.79 Å². The van der Waals surface area contributed by atoms with Gasteiger partial charge in [0.1, 0.15) is 0 Å². The molecule has 2 heterocycles. The number of rotatable bonds is 5. The molecule has 0 spiro atoms. The summed E-state index contributed by atoms with van der Waals surface area (Å²) in [5, 5.41) is 4.45. The van der Waals surface area contributed by atoms with E-state index < -0.39 is 6.04 Å². The Morgan fingerprint density at radius 3 is 2.18 bits per heavy atom. The number of benzene rings is 2. The van der Waals surface area contributed by atoms with E-state index in [0.717, 1.165) is 22.9 Å². The number of hydrogen-bond acceptors (Lipinski definition) is 6. The van der Waals surface area contributed by atoms with Crippen LogP contribution in [0.4, 0.5) is 0 Å². The zero-order valence-electron chi connectivity index (χ0n) is 19.3. The highest BCUT2D eigenvalue weighted by Gasteiger charge is 2.33. The molecule has 0 amide bonds. The lowest BCUT2D eigenvalue weighted by Gasteiger charge is -2.39. The van der Waals surface area contributed by atoms with E-state index in [9.17, 15) is 4.79 Å². The van der Waals surface area contributed by atoms with Crippen LogP contribution in [0.3, 0.4) is 0 Å². The summed E-state index contributed by atoms with van der Waals surface area (Å²) in [5.41, 5.74) is 3.06. The Kier molecular flexibility index (Phi) is 6.33. The van der Waals surface area contributed by atoms with E-state index in [2.05, 4.69) is 10.3 Å². The summed E-state index contributed by atoms with van der Waals surface area (Å²) >= 11 is 5.61. The molecule has 2 aromatic carbocycles. The summed E-state index contributed by atoms with van der Waals surface area (Å²) in [6.45, 7) is 0.649. The van der Waals surface area contributed by atoms with Gasteiger partial charge in [0.05, 0.1) is 40.0 Å². The monoisotopic (exact) mass is 469 g/mol. The first-order chi connectivity index (χ1) is 15.9. The van der Waals surface area contributed by atoms with Crippen LogP contribution in [0.1, 0.15) is 22.7 Å². The van der Waals surface area contributed by atoms with Gasteiger partial charge in [0.2, 0.25) is 0 Å². The molecule has 0 fully saturated rings. The molecule has 3 aromatic rings. The molecule has 9 heteroatoms. The van der Waals surface area contributed by atoms with Crippen LogP contribution >= 0.6 is 12.2 Å². The summed E-state index contributed by atoms with van der Waals surface area (Å²) in [5.74, 6) is 2.39. The summed E-state index contributed by atoms with van der Waals surface area (Å²) in [6, 6.07) is 9.00. The Balaban J connectivity index is 1.97. The number of nitrogens with zero attached hydrogens (tertiary/aromatic N) is 1. The number of methoxy groups -OCH3 is 4. The Morgan fingerprint density at radius 1 is 0.939 bits per heavy atom. The van der Waals surface area contributed by atoms with E-state index >= 15 is 0 Å². The molecule has 0 aliphatic carbocycles. The highest BCUT2D eigenvalue weighted by Crippen LogP contribution is 2.41. The zero-order chi connectivity index (χ0) is 23.7. The third-order valence-electron chi connectivity index (χ3n) is 6.02. The van der Waals surface area contributed by atoms with Gasteiger partial charge in [0, 0.05) is 30.6 Å². The predicted molar refractivity (Wildman–Crippen MR) is 131 cm³/mol. The SMILES string of the molecule is CNC(=S)N1CCc2cc(OC)c(OC)cc2[C@@H]1c1cc2cc(OC)c(OC)cc2[nH]c1=O. The third kappa shape index (κ3) is 3.93. The summed E-state index contributed by atoms with van der Waals surface area (Å²) < 4.78 is 21.9. The van der Waals surface area contributed by atoms with Gasteiger partial charge in [-0.15, -0.1) is 0 Å². The van der Waals surface area contributed by atoms with Gasteiger partial charge < -0.3 is 34.1 Å². The fourth-order valence-corrected chi connectivity index (χ4v) is 4.59. The first kappa shape index (κ1) is 22.7.